The van der Waals surface area contributed by atoms with Gasteiger partial charge in [0, 0.05) is 18.8 Å². The molecule has 21 heavy (non-hydrogen) atoms. The summed E-state index contributed by atoms with van der Waals surface area (Å²) >= 11 is 6.37. The summed E-state index contributed by atoms with van der Waals surface area (Å²) in [5, 5.41) is -0.129. The highest BCUT2D eigenvalue weighted by molar-refractivity contribution is 6.20. The molecule has 0 aliphatic carbocycles. The molecule has 0 fully saturated rings. The molecule has 2 aromatic heterocycles. The lowest BCUT2D eigenvalue weighted by molar-refractivity contribution is 0.287. The Hall–Kier alpha value is -1.13. The molecule has 0 saturated heterocycles. The first-order valence-electron chi connectivity index (χ1n) is 7.51. The predicted molar refractivity (Wildman–Crippen MR) is 88.8 cm³/mol. The van der Waals surface area contributed by atoms with Crippen LogP contribution in [0.4, 0.5) is 0 Å². The van der Waals surface area contributed by atoms with Crippen molar-refractivity contribution in [3.05, 3.63) is 24.2 Å². The summed E-state index contributed by atoms with van der Waals surface area (Å²) in [6, 6.07) is 4.26. The fourth-order valence-corrected chi connectivity index (χ4v) is 2.97. The molecule has 2 heterocycles. The maximum atomic E-state index is 6.37. The standard InChI is InChI=1S/C16H25ClN4/c1-11(2)9-13(10-20(4)5)21-15(12(3)17)19-14-7-6-8-18-16(14)21/h6-8,11-13H,9-10H2,1-5H3. The molecule has 2 aromatic rings. The van der Waals surface area contributed by atoms with Crippen molar-refractivity contribution in [2.75, 3.05) is 20.6 Å². The Bertz CT molecular complexity index is 579. The van der Waals surface area contributed by atoms with Crippen molar-refractivity contribution in [2.45, 2.75) is 38.6 Å². The molecule has 0 aliphatic heterocycles. The van der Waals surface area contributed by atoms with E-state index >= 15 is 0 Å². The molecule has 0 aliphatic rings. The van der Waals surface area contributed by atoms with Gasteiger partial charge in [-0.25, -0.2) is 9.97 Å². The van der Waals surface area contributed by atoms with Gasteiger partial charge in [0.2, 0.25) is 0 Å². The van der Waals surface area contributed by atoms with Crippen molar-refractivity contribution in [3.8, 4) is 0 Å². The van der Waals surface area contributed by atoms with Crippen molar-refractivity contribution in [1.82, 2.24) is 19.4 Å². The van der Waals surface area contributed by atoms with E-state index in [1.807, 2.05) is 25.3 Å². The number of fused-ring (bicyclic) bond motifs is 1. The highest BCUT2D eigenvalue weighted by atomic mass is 35.5. The lowest BCUT2D eigenvalue weighted by Gasteiger charge is -2.26. The Morgan fingerprint density at radius 2 is 2.00 bits per heavy atom. The summed E-state index contributed by atoms with van der Waals surface area (Å²) in [6.07, 6.45) is 2.90. The molecule has 0 radical (unpaired) electrons. The molecule has 0 saturated carbocycles. The number of nitrogens with zero attached hydrogens (tertiary/aromatic N) is 4. The van der Waals surface area contributed by atoms with Crippen molar-refractivity contribution < 1.29 is 0 Å². The first kappa shape index (κ1) is 16.2. The van der Waals surface area contributed by atoms with Crippen LogP contribution >= 0.6 is 11.6 Å². The molecule has 5 heteroatoms. The zero-order valence-electron chi connectivity index (χ0n) is 13.5. The molecule has 0 bridgehead atoms. The van der Waals surface area contributed by atoms with Crippen LogP contribution in [0.25, 0.3) is 11.2 Å². The van der Waals surface area contributed by atoms with Gasteiger partial charge in [-0.15, -0.1) is 11.6 Å². The number of imidazole rings is 1. The van der Waals surface area contributed by atoms with E-state index in [1.165, 1.54) is 0 Å². The van der Waals surface area contributed by atoms with Crippen LogP contribution in [0, 0.1) is 5.92 Å². The number of rotatable bonds is 6. The fourth-order valence-electron chi connectivity index (χ4n) is 2.81. The van der Waals surface area contributed by atoms with Crippen LogP contribution in [0.3, 0.4) is 0 Å². The van der Waals surface area contributed by atoms with E-state index in [0.29, 0.717) is 12.0 Å². The summed E-state index contributed by atoms with van der Waals surface area (Å²) < 4.78 is 2.24. The monoisotopic (exact) mass is 308 g/mol. The second kappa shape index (κ2) is 6.75. The first-order valence-corrected chi connectivity index (χ1v) is 7.95. The van der Waals surface area contributed by atoms with Gasteiger partial charge in [0.1, 0.15) is 11.3 Å². The number of pyridine rings is 1. The van der Waals surface area contributed by atoms with Gasteiger partial charge in [-0.3, -0.25) is 0 Å². The van der Waals surface area contributed by atoms with Gasteiger partial charge in [0.05, 0.1) is 5.38 Å². The second-order valence-corrected chi connectivity index (χ2v) is 7.00. The molecule has 116 valence electrons. The molecule has 4 nitrogen and oxygen atoms in total. The van der Waals surface area contributed by atoms with Gasteiger partial charge in [0.15, 0.2) is 5.65 Å². The van der Waals surface area contributed by atoms with E-state index < -0.39 is 0 Å². The third-order valence-electron chi connectivity index (χ3n) is 3.52. The van der Waals surface area contributed by atoms with Gasteiger partial charge in [-0.1, -0.05) is 13.8 Å². The fraction of sp³-hybridized carbons (Fsp3) is 0.625. The van der Waals surface area contributed by atoms with Crippen molar-refractivity contribution in [2.24, 2.45) is 5.92 Å². The molecule has 0 N–H and O–H groups in total. The van der Waals surface area contributed by atoms with Gasteiger partial charge >= 0.3 is 0 Å². The molecular weight excluding hydrogens is 284 g/mol. The number of hydrogen-bond donors (Lipinski definition) is 0. The van der Waals surface area contributed by atoms with Crippen LogP contribution in [0.2, 0.25) is 0 Å². The van der Waals surface area contributed by atoms with Crippen molar-refractivity contribution in [3.63, 3.8) is 0 Å². The minimum absolute atomic E-state index is 0.129. The normalized spacial score (nSPS) is 15.0. The zero-order chi connectivity index (χ0) is 15.6. The summed E-state index contributed by atoms with van der Waals surface area (Å²) in [6.45, 7) is 7.43. The largest absolute Gasteiger partial charge is 0.307 e. The van der Waals surface area contributed by atoms with Crippen LogP contribution in [0.15, 0.2) is 18.3 Å². The van der Waals surface area contributed by atoms with E-state index in [9.17, 15) is 0 Å². The van der Waals surface area contributed by atoms with Gasteiger partial charge in [0.25, 0.3) is 0 Å². The van der Waals surface area contributed by atoms with Crippen molar-refractivity contribution >= 4 is 22.8 Å². The Balaban J connectivity index is 2.55. The molecule has 0 amide bonds. The topological polar surface area (TPSA) is 34.0 Å². The maximum absolute atomic E-state index is 6.37. The van der Waals surface area contributed by atoms with Crippen LogP contribution in [-0.4, -0.2) is 40.1 Å². The van der Waals surface area contributed by atoms with Crippen LogP contribution in [0.5, 0.6) is 0 Å². The Morgan fingerprint density at radius 1 is 1.29 bits per heavy atom. The van der Waals surface area contributed by atoms with E-state index in [4.69, 9.17) is 16.6 Å². The van der Waals surface area contributed by atoms with Crippen LogP contribution in [0.1, 0.15) is 44.4 Å². The van der Waals surface area contributed by atoms with E-state index in [-0.39, 0.29) is 5.38 Å². The summed E-state index contributed by atoms with van der Waals surface area (Å²) in [5.41, 5.74) is 1.86. The van der Waals surface area contributed by atoms with Crippen LogP contribution < -0.4 is 0 Å². The SMILES string of the molecule is CC(C)CC(CN(C)C)n1c(C(C)Cl)nc2cccnc21. The lowest BCUT2D eigenvalue weighted by atomic mass is 10.0. The minimum atomic E-state index is -0.129. The van der Waals surface area contributed by atoms with Gasteiger partial charge in [-0.2, -0.15) is 0 Å². The zero-order valence-corrected chi connectivity index (χ0v) is 14.3. The average molecular weight is 309 g/mol. The molecular formula is C16H25ClN4. The third kappa shape index (κ3) is 3.74. The highest BCUT2D eigenvalue weighted by Gasteiger charge is 2.23. The Kier molecular flexibility index (Phi) is 5.22. The maximum Gasteiger partial charge on any atom is 0.160 e. The second-order valence-electron chi connectivity index (χ2n) is 6.35. The van der Waals surface area contributed by atoms with Gasteiger partial charge in [-0.05, 0) is 45.5 Å². The molecule has 0 aromatic carbocycles. The molecule has 0 spiro atoms. The number of halogens is 1. The summed E-state index contributed by atoms with van der Waals surface area (Å²) in [7, 11) is 4.20. The summed E-state index contributed by atoms with van der Waals surface area (Å²) in [5.74, 6) is 1.52. The van der Waals surface area contributed by atoms with E-state index in [0.717, 1.165) is 30.0 Å². The number of aromatic nitrogens is 3. The lowest BCUT2D eigenvalue weighted by Crippen LogP contribution is -2.27. The molecule has 2 unspecified atom stereocenters. The molecule has 2 atom stereocenters. The van der Waals surface area contributed by atoms with Crippen molar-refractivity contribution in [1.29, 1.82) is 0 Å². The highest BCUT2D eigenvalue weighted by Crippen LogP contribution is 2.30. The summed E-state index contributed by atoms with van der Waals surface area (Å²) in [4.78, 5) is 11.5. The van der Waals surface area contributed by atoms with Crippen LogP contribution in [-0.2, 0) is 0 Å². The smallest absolute Gasteiger partial charge is 0.160 e. The van der Waals surface area contributed by atoms with Gasteiger partial charge < -0.3 is 9.47 Å². The average Bonchev–Trinajstić information content (AvgIpc) is 2.76. The Morgan fingerprint density at radius 3 is 2.57 bits per heavy atom. The first-order chi connectivity index (χ1) is 9.90. The number of alkyl halides is 1. The number of likely N-dealkylation sites (N-methyl/N-ethyl adjacent to an activating group) is 1. The predicted octanol–water partition coefficient (Wildman–Crippen LogP) is 3.88. The Labute approximate surface area is 132 Å². The third-order valence-corrected chi connectivity index (χ3v) is 3.71. The van der Waals surface area contributed by atoms with E-state index in [2.05, 4.69) is 42.4 Å². The minimum Gasteiger partial charge on any atom is -0.307 e. The van der Waals surface area contributed by atoms with E-state index in [1.54, 1.807) is 0 Å². The molecule has 2 rings (SSSR count). The number of hydrogen-bond acceptors (Lipinski definition) is 3. The quantitative estimate of drug-likeness (QED) is 0.759.